The van der Waals surface area contributed by atoms with Crippen LogP contribution in [0.25, 0.3) is 0 Å². The van der Waals surface area contributed by atoms with E-state index in [1.807, 2.05) is 12.1 Å². The smallest absolute Gasteiger partial charge is 0.115 e. The summed E-state index contributed by atoms with van der Waals surface area (Å²) in [6.07, 6.45) is 5.16. The number of benzene rings is 1. The number of fused-ring (bicyclic) bond motifs is 1. The summed E-state index contributed by atoms with van der Waals surface area (Å²) in [7, 11) is 1.77. The largest absolute Gasteiger partial charge is 0.508 e. The van der Waals surface area contributed by atoms with Crippen molar-refractivity contribution >= 4 is 0 Å². The molecule has 0 aromatic heterocycles. The fourth-order valence-electron chi connectivity index (χ4n) is 5.38. The van der Waals surface area contributed by atoms with Crippen molar-refractivity contribution in [3.63, 3.8) is 0 Å². The number of aliphatic hydroxyl groups is 1. The lowest BCUT2D eigenvalue weighted by molar-refractivity contribution is -0.0256. The van der Waals surface area contributed by atoms with Gasteiger partial charge in [0.2, 0.25) is 0 Å². The summed E-state index contributed by atoms with van der Waals surface area (Å²) in [5.74, 6) is 1.97. The fraction of sp³-hybridized carbons (Fsp3) is 0.700. The van der Waals surface area contributed by atoms with E-state index in [4.69, 9.17) is 4.74 Å². The van der Waals surface area contributed by atoms with Crippen LogP contribution in [0.3, 0.4) is 0 Å². The summed E-state index contributed by atoms with van der Waals surface area (Å²) >= 11 is 0. The van der Waals surface area contributed by atoms with Gasteiger partial charge in [-0.2, -0.15) is 0 Å². The number of methoxy groups -OCH3 is 1. The molecule has 128 valence electrons. The second-order valence-electron chi connectivity index (χ2n) is 7.84. The van der Waals surface area contributed by atoms with Gasteiger partial charge in [0.25, 0.3) is 0 Å². The summed E-state index contributed by atoms with van der Waals surface area (Å²) in [6, 6.07) is 5.79. The molecule has 0 amide bonds. The number of hydrogen-bond acceptors (Lipinski definition) is 3. The van der Waals surface area contributed by atoms with Gasteiger partial charge >= 0.3 is 0 Å². The number of aromatic hydroxyl groups is 1. The van der Waals surface area contributed by atoms with Crippen LogP contribution in [0, 0.1) is 24.2 Å². The molecule has 1 aromatic carbocycles. The summed E-state index contributed by atoms with van der Waals surface area (Å²) in [5.41, 5.74) is 2.62. The van der Waals surface area contributed by atoms with Crippen LogP contribution in [0.2, 0.25) is 0 Å². The van der Waals surface area contributed by atoms with Gasteiger partial charge in [-0.15, -0.1) is 0 Å². The molecule has 1 aromatic rings. The highest BCUT2D eigenvalue weighted by molar-refractivity contribution is 5.37. The van der Waals surface area contributed by atoms with Crippen LogP contribution in [-0.2, 0) is 4.74 Å². The van der Waals surface area contributed by atoms with Crippen molar-refractivity contribution in [1.82, 2.24) is 0 Å². The van der Waals surface area contributed by atoms with E-state index >= 15 is 0 Å². The van der Waals surface area contributed by atoms with E-state index in [1.165, 1.54) is 11.1 Å². The molecule has 0 spiro atoms. The molecule has 3 rings (SSSR count). The molecule has 0 aliphatic heterocycles. The molecule has 2 fully saturated rings. The molecule has 23 heavy (non-hydrogen) atoms. The minimum atomic E-state index is -0.153. The maximum absolute atomic E-state index is 10.5. The van der Waals surface area contributed by atoms with Gasteiger partial charge in [-0.1, -0.05) is 13.0 Å². The molecule has 2 aliphatic carbocycles. The normalized spacial score (nSPS) is 36.9. The van der Waals surface area contributed by atoms with Crippen molar-refractivity contribution in [3.05, 3.63) is 29.3 Å². The Morgan fingerprint density at radius 3 is 2.74 bits per heavy atom. The molecule has 2 saturated carbocycles. The topological polar surface area (TPSA) is 49.7 Å². The first-order chi connectivity index (χ1) is 11.0. The van der Waals surface area contributed by atoms with Crippen molar-refractivity contribution in [2.24, 2.45) is 17.3 Å². The molecule has 0 bridgehead atoms. The lowest BCUT2D eigenvalue weighted by Crippen LogP contribution is -2.43. The minimum absolute atomic E-state index is 0.0692. The van der Waals surface area contributed by atoms with E-state index in [2.05, 4.69) is 19.9 Å². The average Bonchev–Trinajstić information content (AvgIpc) is 2.81. The summed E-state index contributed by atoms with van der Waals surface area (Å²) < 4.78 is 5.38. The van der Waals surface area contributed by atoms with E-state index in [9.17, 15) is 10.2 Å². The Balaban J connectivity index is 1.93. The highest BCUT2D eigenvalue weighted by Gasteiger charge is 2.53. The Bertz CT molecular complexity index is 556. The summed E-state index contributed by atoms with van der Waals surface area (Å²) in [6.45, 7) is 5.16. The van der Waals surface area contributed by atoms with Gasteiger partial charge in [-0.25, -0.2) is 0 Å². The van der Waals surface area contributed by atoms with Crippen LogP contribution in [0.4, 0.5) is 0 Å². The molecule has 0 radical (unpaired) electrons. The number of aryl methyl sites for hydroxylation is 1. The zero-order valence-electron chi connectivity index (χ0n) is 14.6. The van der Waals surface area contributed by atoms with Crippen LogP contribution in [0.15, 0.2) is 18.2 Å². The van der Waals surface area contributed by atoms with Crippen molar-refractivity contribution in [3.8, 4) is 5.75 Å². The fourth-order valence-corrected chi connectivity index (χ4v) is 5.38. The van der Waals surface area contributed by atoms with E-state index in [1.54, 1.807) is 7.11 Å². The van der Waals surface area contributed by atoms with Crippen LogP contribution in [-0.4, -0.2) is 30.0 Å². The molecule has 3 heteroatoms. The second-order valence-corrected chi connectivity index (χ2v) is 7.84. The Labute approximate surface area is 139 Å². The zero-order chi connectivity index (χ0) is 16.6. The Morgan fingerprint density at radius 1 is 1.26 bits per heavy atom. The van der Waals surface area contributed by atoms with Gasteiger partial charge < -0.3 is 14.9 Å². The molecule has 5 atom stereocenters. The lowest BCUT2D eigenvalue weighted by atomic mass is 9.57. The lowest BCUT2D eigenvalue weighted by Gasteiger charge is -2.48. The van der Waals surface area contributed by atoms with Crippen LogP contribution < -0.4 is 0 Å². The van der Waals surface area contributed by atoms with Gasteiger partial charge in [0.15, 0.2) is 0 Å². The minimum Gasteiger partial charge on any atom is -0.508 e. The first kappa shape index (κ1) is 16.8. The standard InChI is InChI=1S/C20H30O3/c1-13-12-14(21)4-5-15(13)16-8-10-20(2)18(6-7-19(20)22)17(16)9-11-23-3/h4-5,12,16-19,21-22H,6-11H2,1-3H3. The van der Waals surface area contributed by atoms with E-state index in [-0.39, 0.29) is 11.5 Å². The third kappa shape index (κ3) is 2.89. The van der Waals surface area contributed by atoms with Crippen LogP contribution >= 0.6 is 0 Å². The van der Waals surface area contributed by atoms with Gasteiger partial charge in [0, 0.05) is 13.7 Å². The Kier molecular flexibility index (Phi) is 4.70. The molecular weight excluding hydrogens is 288 g/mol. The van der Waals surface area contributed by atoms with Crippen LogP contribution in [0.1, 0.15) is 56.1 Å². The van der Waals surface area contributed by atoms with Gasteiger partial charge in [-0.05, 0) is 85.5 Å². The van der Waals surface area contributed by atoms with Crippen molar-refractivity contribution < 1.29 is 14.9 Å². The molecule has 2 aliphatic rings. The molecule has 0 saturated heterocycles. The van der Waals surface area contributed by atoms with Crippen molar-refractivity contribution in [2.45, 2.75) is 58.0 Å². The third-order valence-electron chi connectivity index (χ3n) is 6.70. The summed E-state index contributed by atoms with van der Waals surface area (Å²) in [4.78, 5) is 0. The Morgan fingerprint density at radius 2 is 2.04 bits per heavy atom. The van der Waals surface area contributed by atoms with Gasteiger partial charge in [-0.3, -0.25) is 0 Å². The van der Waals surface area contributed by atoms with Gasteiger partial charge in [0.1, 0.15) is 5.75 Å². The molecular formula is C20H30O3. The summed E-state index contributed by atoms with van der Waals surface area (Å²) in [5, 5.41) is 20.2. The number of phenols is 1. The molecule has 3 nitrogen and oxygen atoms in total. The number of hydrogen-bond donors (Lipinski definition) is 2. The third-order valence-corrected chi connectivity index (χ3v) is 6.70. The molecule has 5 unspecified atom stereocenters. The highest BCUT2D eigenvalue weighted by atomic mass is 16.5. The van der Waals surface area contributed by atoms with E-state index < -0.39 is 0 Å². The maximum atomic E-state index is 10.5. The number of phenolic OH excluding ortho intramolecular Hbond substituents is 1. The molecule has 0 heterocycles. The van der Waals surface area contributed by atoms with E-state index in [0.29, 0.717) is 23.5 Å². The van der Waals surface area contributed by atoms with Crippen molar-refractivity contribution in [1.29, 1.82) is 0 Å². The first-order valence-corrected chi connectivity index (χ1v) is 8.94. The van der Waals surface area contributed by atoms with Crippen LogP contribution in [0.5, 0.6) is 5.75 Å². The number of aliphatic hydroxyl groups excluding tert-OH is 1. The number of rotatable bonds is 4. The van der Waals surface area contributed by atoms with Gasteiger partial charge in [0.05, 0.1) is 6.10 Å². The average molecular weight is 318 g/mol. The highest BCUT2D eigenvalue weighted by Crippen LogP contribution is 2.59. The zero-order valence-corrected chi connectivity index (χ0v) is 14.6. The Hall–Kier alpha value is -1.06. The first-order valence-electron chi connectivity index (χ1n) is 8.94. The molecule has 2 N–H and O–H groups in total. The maximum Gasteiger partial charge on any atom is 0.115 e. The SMILES string of the molecule is COCCC1C(c2ccc(O)cc2C)CCC2(C)C(O)CCC12. The van der Waals surface area contributed by atoms with Crippen molar-refractivity contribution in [2.75, 3.05) is 13.7 Å². The quantitative estimate of drug-likeness (QED) is 0.882. The predicted octanol–water partition coefficient (Wildman–Crippen LogP) is 4.01. The second kappa shape index (κ2) is 6.45. The van der Waals surface area contributed by atoms with E-state index in [0.717, 1.165) is 38.7 Å². The number of ether oxygens (including phenoxy) is 1. The monoisotopic (exact) mass is 318 g/mol. The predicted molar refractivity (Wildman–Crippen MR) is 91.6 cm³/mol.